The van der Waals surface area contributed by atoms with E-state index in [1.807, 2.05) is 0 Å². The van der Waals surface area contributed by atoms with Crippen molar-refractivity contribution in [2.75, 3.05) is 4.72 Å². The van der Waals surface area contributed by atoms with E-state index in [-0.39, 0.29) is 25.1 Å². The average Bonchev–Trinajstić information content (AvgIpc) is 2.76. The number of sulfonamides is 1. The van der Waals surface area contributed by atoms with Gasteiger partial charge in [0.25, 0.3) is 10.0 Å². The highest BCUT2D eigenvalue weighted by Crippen LogP contribution is 2.31. The number of benzene rings is 1. The molecule has 2 N–H and O–H groups in total. The minimum absolute atomic E-state index is 0.0634. The van der Waals surface area contributed by atoms with E-state index in [4.69, 9.17) is 16.7 Å². The molecule has 112 valence electrons. The monoisotopic (exact) mass is 410 g/mol. The zero-order chi connectivity index (χ0) is 15.8. The molecule has 0 aliphatic rings. The van der Waals surface area contributed by atoms with Crippen LogP contribution in [0.25, 0.3) is 0 Å². The van der Waals surface area contributed by atoms with Gasteiger partial charge in [0, 0.05) is 9.85 Å². The molecule has 0 radical (unpaired) electrons. The van der Waals surface area contributed by atoms with Gasteiger partial charge in [0.05, 0.1) is 21.2 Å². The Balaban J connectivity index is 2.47. The second kappa shape index (κ2) is 5.91. The number of nitrogens with one attached hydrogen (secondary N) is 1. The number of aryl methyl sites for hydroxylation is 1. The molecule has 0 atom stereocenters. The minimum Gasteiger partial charge on any atom is -0.478 e. The maximum Gasteiger partial charge on any atom is 0.337 e. The summed E-state index contributed by atoms with van der Waals surface area (Å²) in [6, 6.07) is 2.23. The maximum absolute atomic E-state index is 12.2. The normalized spacial score (nSPS) is 11.4. The number of anilines is 1. The Kier molecular flexibility index (Phi) is 4.57. The number of aromatic nitrogens is 1. The first kappa shape index (κ1) is 16.2. The molecule has 0 unspecified atom stereocenters. The van der Waals surface area contributed by atoms with Crippen molar-refractivity contribution in [3.05, 3.63) is 38.3 Å². The fraction of sp³-hybridized carbons (Fsp3) is 0.0909. The van der Waals surface area contributed by atoms with Gasteiger partial charge in [-0.25, -0.2) is 18.2 Å². The predicted molar refractivity (Wildman–Crippen MR) is 83.8 cm³/mol. The van der Waals surface area contributed by atoms with Crippen LogP contribution in [0.5, 0.6) is 0 Å². The average molecular weight is 412 g/mol. The molecule has 21 heavy (non-hydrogen) atoms. The van der Waals surface area contributed by atoms with Gasteiger partial charge in [-0.3, -0.25) is 4.72 Å². The molecule has 0 saturated heterocycles. The van der Waals surface area contributed by atoms with Crippen molar-refractivity contribution in [1.82, 2.24) is 4.98 Å². The predicted octanol–water partition coefficient (Wildman–Crippen LogP) is 3.37. The molecule has 0 fully saturated rings. The Morgan fingerprint density at radius 3 is 2.67 bits per heavy atom. The molecule has 0 aliphatic heterocycles. The number of carboxylic acids is 1. The summed E-state index contributed by atoms with van der Waals surface area (Å²) in [4.78, 5) is 14.9. The first-order valence-electron chi connectivity index (χ1n) is 5.38. The van der Waals surface area contributed by atoms with Crippen LogP contribution in [-0.2, 0) is 10.0 Å². The molecule has 1 aromatic carbocycles. The molecule has 0 amide bonds. The van der Waals surface area contributed by atoms with Crippen LogP contribution in [0, 0.1) is 6.92 Å². The second-order valence-corrected chi connectivity index (χ2v) is 7.74. The summed E-state index contributed by atoms with van der Waals surface area (Å²) in [7, 11) is -3.95. The summed E-state index contributed by atoms with van der Waals surface area (Å²) in [6.07, 6.45) is 0. The minimum atomic E-state index is -3.95. The number of halogens is 2. The number of rotatable bonds is 4. The Labute approximate surface area is 138 Å². The van der Waals surface area contributed by atoms with Crippen molar-refractivity contribution in [2.24, 2.45) is 0 Å². The third-order valence-corrected chi connectivity index (χ3v) is 5.97. The van der Waals surface area contributed by atoms with E-state index in [0.717, 1.165) is 17.4 Å². The van der Waals surface area contributed by atoms with Gasteiger partial charge in [-0.15, -0.1) is 11.3 Å². The SMILES string of the molecule is Cc1csc(NS(=O)(=O)c2cc(Br)c(Cl)c(C(=O)O)c2)n1. The van der Waals surface area contributed by atoms with Crippen molar-refractivity contribution in [3.8, 4) is 0 Å². The number of aromatic carboxylic acids is 1. The lowest BCUT2D eigenvalue weighted by Gasteiger charge is -2.08. The van der Waals surface area contributed by atoms with Gasteiger partial charge in [0.1, 0.15) is 0 Å². The topological polar surface area (TPSA) is 96.4 Å². The summed E-state index contributed by atoms with van der Waals surface area (Å²) < 4.78 is 27.0. The van der Waals surface area contributed by atoms with E-state index >= 15 is 0 Å². The number of carbonyl (C=O) groups is 1. The zero-order valence-electron chi connectivity index (χ0n) is 10.4. The molecular formula is C11H8BrClN2O4S2. The fourth-order valence-electron chi connectivity index (χ4n) is 1.45. The summed E-state index contributed by atoms with van der Waals surface area (Å²) in [5, 5.41) is 10.9. The highest BCUT2D eigenvalue weighted by Gasteiger charge is 2.21. The molecule has 0 aliphatic carbocycles. The quantitative estimate of drug-likeness (QED) is 0.804. The third kappa shape index (κ3) is 3.54. The maximum atomic E-state index is 12.2. The van der Waals surface area contributed by atoms with Crippen molar-refractivity contribution in [3.63, 3.8) is 0 Å². The van der Waals surface area contributed by atoms with Gasteiger partial charge in [0.2, 0.25) is 0 Å². The van der Waals surface area contributed by atoms with Gasteiger partial charge in [-0.05, 0) is 35.0 Å². The van der Waals surface area contributed by atoms with Crippen LogP contribution >= 0.6 is 38.9 Å². The summed E-state index contributed by atoms with van der Waals surface area (Å²) >= 11 is 10.0. The molecule has 6 nitrogen and oxygen atoms in total. The molecule has 0 spiro atoms. The van der Waals surface area contributed by atoms with Crippen LogP contribution in [0.2, 0.25) is 5.02 Å². The Morgan fingerprint density at radius 1 is 1.48 bits per heavy atom. The smallest absolute Gasteiger partial charge is 0.337 e. The molecule has 10 heteroatoms. The number of carboxylic acid groups (broad SMARTS) is 1. The van der Waals surface area contributed by atoms with Crippen molar-refractivity contribution in [2.45, 2.75) is 11.8 Å². The molecule has 2 rings (SSSR count). The van der Waals surface area contributed by atoms with Gasteiger partial charge in [0.15, 0.2) is 5.13 Å². The standard InChI is InChI=1S/C11H8BrClN2O4S2/c1-5-4-20-11(14-5)15-21(18,19)6-2-7(10(16)17)9(13)8(12)3-6/h2-4H,1H3,(H,14,15)(H,16,17). The fourth-order valence-corrected chi connectivity index (χ4v) is 4.24. The van der Waals surface area contributed by atoms with Crippen LogP contribution in [0.15, 0.2) is 26.9 Å². The number of hydrogen-bond donors (Lipinski definition) is 2. The van der Waals surface area contributed by atoms with Crippen LogP contribution in [0.3, 0.4) is 0 Å². The number of hydrogen-bond acceptors (Lipinski definition) is 5. The Bertz CT molecular complexity index is 820. The molecule has 0 saturated carbocycles. The van der Waals surface area contributed by atoms with E-state index in [1.54, 1.807) is 12.3 Å². The van der Waals surface area contributed by atoms with Gasteiger partial charge in [-0.1, -0.05) is 11.6 Å². The summed E-state index contributed by atoms with van der Waals surface area (Å²) in [5.41, 5.74) is 0.378. The third-order valence-electron chi connectivity index (χ3n) is 2.38. The summed E-state index contributed by atoms with van der Waals surface area (Å²) in [5.74, 6) is -1.32. The largest absolute Gasteiger partial charge is 0.478 e. The molecular weight excluding hydrogens is 404 g/mol. The number of nitrogens with zero attached hydrogens (tertiary/aromatic N) is 1. The van der Waals surface area contributed by atoms with Crippen LogP contribution < -0.4 is 4.72 Å². The highest BCUT2D eigenvalue weighted by molar-refractivity contribution is 9.10. The molecule has 2 aromatic rings. The van der Waals surface area contributed by atoms with Crippen LogP contribution in [0.1, 0.15) is 16.1 Å². The Hall–Kier alpha value is -1.16. The van der Waals surface area contributed by atoms with Gasteiger partial charge in [-0.2, -0.15) is 0 Å². The van der Waals surface area contributed by atoms with Crippen molar-refractivity contribution >= 4 is 60.0 Å². The van der Waals surface area contributed by atoms with Crippen molar-refractivity contribution < 1.29 is 18.3 Å². The number of thiazole rings is 1. The Morgan fingerprint density at radius 2 is 2.14 bits per heavy atom. The van der Waals surface area contributed by atoms with E-state index < -0.39 is 16.0 Å². The second-order valence-electron chi connectivity index (χ2n) is 3.97. The van der Waals surface area contributed by atoms with Crippen LogP contribution in [0.4, 0.5) is 5.13 Å². The van der Waals surface area contributed by atoms with E-state index in [1.165, 1.54) is 6.07 Å². The summed E-state index contributed by atoms with van der Waals surface area (Å²) in [6.45, 7) is 1.73. The lowest BCUT2D eigenvalue weighted by molar-refractivity contribution is 0.0696. The van der Waals surface area contributed by atoms with Crippen molar-refractivity contribution in [1.29, 1.82) is 0 Å². The van der Waals surface area contributed by atoms with E-state index in [0.29, 0.717) is 5.69 Å². The first-order chi connectivity index (χ1) is 9.70. The van der Waals surface area contributed by atoms with Crippen LogP contribution in [-0.4, -0.2) is 24.5 Å². The van der Waals surface area contributed by atoms with Gasteiger partial charge < -0.3 is 5.11 Å². The molecule has 0 bridgehead atoms. The van der Waals surface area contributed by atoms with E-state index in [9.17, 15) is 13.2 Å². The zero-order valence-corrected chi connectivity index (χ0v) is 14.4. The first-order valence-corrected chi connectivity index (χ1v) is 8.91. The molecule has 1 aromatic heterocycles. The highest BCUT2D eigenvalue weighted by atomic mass is 79.9. The lowest BCUT2D eigenvalue weighted by Crippen LogP contribution is -2.14. The molecule has 1 heterocycles. The lowest BCUT2D eigenvalue weighted by atomic mass is 10.2. The van der Waals surface area contributed by atoms with Gasteiger partial charge >= 0.3 is 5.97 Å². The van der Waals surface area contributed by atoms with E-state index in [2.05, 4.69) is 25.6 Å².